The molecule has 0 amide bonds. The van der Waals surface area contributed by atoms with Crippen molar-refractivity contribution in [3.8, 4) is 0 Å². The molecule has 0 saturated carbocycles. The third kappa shape index (κ3) is 4.22. The highest BCUT2D eigenvalue weighted by Gasteiger charge is 2.22. The van der Waals surface area contributed by atoms with Gasteiger partial charge in [0.1, 0.15) is 0 Å². The van der Waals surface area contributed by atoms with Crippen molar-refractivity contribution in [2.75, 3.05) is 0 Å². The summed E-state index contributed by atoms with van der Waals surface area (Å²) >= 11 is 7.62. The molecule has 28 heavy (non-hydrogen) atoms. The van der Waals surface area contributed by atoms with Crippen molar-refractivity contribution in [1.82, 2.24) is 19.3 Å². The van der Waals surface area contributed by atoms with Gasteiger partial charge < -0.3 is 0 Å². The van der Waals surface area contributed by atoms with Crippen LogP contribution in [0.5, 0.6) is 0 Å². The maximum Gasteiger partial charge on any atom is 0.158 e. The van der Waals surface area contributed by atoms with E-state index in [1.807, 2.05) is 53.3 Å². The number of aryl methyl sites for hydroxylation is 1. The molecule has 1 unspecified atom stereocenters. The average molecular weight is 409 g/mol. The van der Waals surface area contributed by atoms with Crippen LogP contribution in [0.25, 0.3) is 5.65 Å². The molecular weight excluding hydrogens is 388 g/mol. The molecule has 1 atom stereocenters. The first-order chi connectivity index (χ1) is 13.7. The summed E-state index contributed by atoms with van der Waals surface area (Å²) < 4.78 is 5.50. The Balaban J connectivity index is 1.67. The topological polar surface area (TPSA) is 42.2 Å². The van der Waals surface area contributed by atoms with Gasteiger partial charge in [0.05, 0.1) is 11.7 Å². The number of hydrogen-bond acceptors (Lipinski definition) is 4. The summed E-state index contributed by atoms with van der Waals surface area (Å²) in [5.41, 5.74) is 4.43. The highest BCUT2D eigenvalue weighted by atomic mass is 35.5. The van der Waals surface area contributed by atoms with Gasteiger partial charge in [0.15, 0.2) is 5.65 Å². The molecule has 2 aromatic heterocycles. The van der Waals surface area contributed by atoms with Gasteiger partial charge in [-0.1, -0.05) is 48.9 Å². The zero-order chi connectivity index (χ0) is 19.3. The van der Waals surface area contributed by atoms with Crippen molar-refractivity contribution in [3.05, 3.63) is 94.9 Å². The van der Waals surface area contributed by atoms with E-state index < -0.39 is 0 Å². The summed E-state index contributed by atoms with van der Waals surface area (Å²) in [6, 6.07) is 20.3. The number of fused-ring (bicyclic) bond motifs is 1. The van der Waals surface area contributed by atoms with Gasteiger partial charge in [0.25, 0.3) is 0 Å². The Labute approximate surface area is 174 Å². The molecule has 2 aromatic carbocycles. The van der Waals surface area contributed by atoms with E-state index in [2.05, 4.69) is 40.9 Å². The Morgan fingerprint density at radius 3 is 2.61 bits per heavy atom. The molecule has 0 aliphatic heterocycles. The molecule has 0 fully saturated rings. The number of rotatable bonds is 7. The minimum atomic E-state index is 0.0553. The summed E-state index contributed by atoms with van der Waals surface area (Å²) in [6.45, 7) is 2.15. The van der Waals surface area contributed by atoms with E-state index in [1.165, 1.54) is 11.1 Å². The summed E-state index contributed by atoms with van der Waals surface area (Å²) in [4.78, 5) is 5.65. The zero-order valence-corrected chi connectivity index (χ0v) is 17.1. The molecule has 2 heterocycles. The highest BCUT2D eigenvalue weighted by molar-refractivity contribution is 7.97. The lowest BCUT2D eigenvalue weighted by Gasteiger charge is -2.18. The van der Waals surface area contributed by atoms with Gasteiger partial charge in [-0.2, -0.15) is 5.10 Å². The van der Waals surface area contributed by atoms with E-state index in [0.29, 0.717) is 0 Å². The third-order valence-electron chi connectivity index (χ3n) is 4.62. The Kier molecular flexibility index (Phi) is 5.95. The maximum absolute atomic E-state index is 6.01. The lowest BCUT2D eigenvalue weighted by Crippen LogP contribution is -2.19. The first kappa shape index (κ1) is 19.0. The van der Waals surface area contributed by atoms with Gasteiger partial charge in [0.2, 0.25) is 0 Å². The van der Waals surface area contributed by atoms with E-state index in [-0.39, 0.29) is 6.04 Å². The zero-order valence-electron chi connectivity index (χ0n) is 15.5. The van der Waals surface area contributed by atoms with Crippen LogP contribution < -0.4 is 4.72 Å². The standard InChI is InChI=1S/C22H21ClN4S/c1-2-19-21(25-27-14-6-13-24-22(19)27)20(15-16-7-4-3-5-8-16)26-28-18-11-9-17(23)10-12-18/h3-14,20,26H,2,15H2,1H3. The monoisotopic (exact) mass is 408 g/mol. The Hall–Kier alpha value is -2.34. The molecule has 0 saturated heterocycles. The van der Waals surface area contributed by atoms with E-state index in [4.69, 9.17) is 16.7 Å². The normalized spacial score (nSPS) is 12.4. The van der Waals surface area contributed by atoms with Crippen LogP contribution in [0.3, 0.4) is 0 Å². The van der Waals surface area contributed by atoms with Crippen LogP contribution in [0.4, 0.5) is 0 Å². The van der Waals surface area contributed by atoms with Gasteiger partial charge >= 0.3 is 0 Å². The molecular formula is C22H21ClN4S. The van der Waals surface area contributed by atoms with Crippen LogP contribution in [-0.2, 0) is 12.8 Å². The molecule has 4 nitrogen and oxygen atoms in total. The van der Waals surface area contributed by atoms with Crippen LogP contribution in [-0.4, -0.2) is 14.6 Å². The summed E-state index contributed by atoms with van der Waals surface area (Å²) in [7, 11) is 0. The molecule has 0 spiro atoms. The molecule has 4 aromatic rings. The number of aromatic nitrogens is 3. The second-order valence-electron chi connectivity index (χ2n) is 6.52. The van der Waals surface area contributed by atoms with Gasteiger partial charge in [0, 0.05) is 27.9 Å². The molecule has 0 radical (unpaired) electrons. The van der Waals surface area contributed by atoms with Crippen LogP contribution in [0.15, 0.2) is 78.0 Å². The van der Waals surface area contributed by atoms with Crippen LogP contribution in [0, 0.1) is 0 Å². The quantitative estimate of drug-likeness (QED) is 0.408. The SMILES string of the molecule is CCc1c(C(Cc2ccccc2)NSc2ccc(Cl)cc2)nn2cccnc12. The van der Waals surface area contributed by atoms with E-state index in [0.717, 1.165) is 34.1 Å². The molecule has 6 heteroatoms. The van der Waals surface area contributed by atoms with E-state index >= 15 is 0 Å². The molecule has 142 valence electrons. The molecule has 0 bridgehead atoms. The van der Waals surface area contributed by atoms with E-state index in [9.17, 15) is 0 Å². The number of nitrogens with one attached hydrogen (secondary N) is 1. The van der Waals surface area contributed by atoms with E-state index in [1.54, 1.807) is 11.9 Å². The summed E-state index contributed by atoms with van der Waals surface area (Å²) in [5.74, 6) is 0. The fourth-order valence-electron chi connectivity index (χ4n) is 3.26. The second-order valence-corrected chi connectivity index (χ2v) is 7.87. The first-order valence-electron chi connectivity index (χ1n) is 9.28. The van der Waals surface area contributed by atoms with Gasteiger partial charge in [-0.15, -0.1) is 0 Å². The van der Waals surface area contributed by atoms with Crippen molar-refractivity contribution in [2.45, 2.75) is 30.7 Å². The van der Waals surface area contributed by atoms with Crippen molar-refractivity contribution in [3.63, 3.8) is 0 Å². The number of nitrogens with zero attached hydrogens (tertiary/aromatic N) is 3. The van der Waals surface area contributed by atoms with Crippen molar-refractivity contribution >= 4 is 29.2 Å². The smallest absolute Gasteiger partial charge is 0.158 e. The Morgan fingerprint density at radius 2 is 1.86 bits per heavy atom. The molecule has 4 rings (SSSR count). The van der Waals surface area contributed by atoms with Crippen LogP contribution >= 0.6 is 23.5 Å². The predicted octanol–water partition coefficient (Wildman–Crippen LogP) is 5.53. The van der Waals surface area contributed by atoms with Crippen LogP contribution in [0.1, 0.15) is 29.8 Å². The minimum Gasteiger partial charge on any atom is -0.250 e. The first-order valence-corrected chi connectivity index (χ1v) is 10.5. The summed E-state index contributed by atoms with van der Waals surface area (Å²) in [6.07, 6.45) is 5.51. The Morgan fingerprint density at radius 1 is 1.07 bits per heavy atom. The largest absolute Gasteiger partial charge is 0.250 e. The third-order valence-corrected chi connectivity index (χ3v) is 5.78. The predicted molar refractivity (Wildman–Crippen MR) is 116 cm³/mol. The van der Waals surface area contributed by atoms with Gasteiger partial charge in [-0.05, 0) is 60.7 Å². The van der Waals surface area contributed by atoms with Gasteiger partial charge in [-0.3, -0.25) is 4.72 Å². The molecule has 1 N–H and O–H groups in total. The minimum absolute atomic E-state index is 0.0553. The lowest BCUT2D eigenvalue weighted by atomic mass is 10.0. The van der Waals surface area contributed by atoms with Crippen LogP contribution in [0.2, 0.25) is 5.02 Å². The van der Waals surface area contributed by atoms with Crippen molar-refractivity contribution in [1.29, 1.82) is 0 Å². The lowest BCUT2D eigenvalue weighted by molar-refractivity contribution is 0.635. The van der Waals surface area contributed by atoms with Crippen molar-refractivity contribution in [2.24, 2.45) is 0 Å². The number of halogens is 1. The fourth-order valence-corrected chi connectivity index (χ4v) is 4.13. The molecule has 0 aliphatic carbocycles. The number of hydrogen-bond donors (Lipinski definition) is 1. The second kappa shape index (κ2) is 8.78. The highest BCUT2D eigenvalue weighted by Crippen LogP contribution is 2.28. The Bertz CT molecular complexity index is 1050. The average Bonchev–Trinajstić information content (AvgIpc) is 3.11. The summed E-state index contributed by atoms with van der Waals surface area (Å²) in [5, 5.41) is 5.60. The fraction of sp³-hybridized carbons (Fsp3) is 0.182. The number of benzene rings is 2. The molecule has 0 aliphatic rings. The maximum atomic E-state index is 6.01. The van der Waals surface area contributed by atoms with Gasteiger partial charge in [-0.25, -0.2) is 9.50 Å². The van der Waals surface area contributed by atoms with Crippen molar-refractivity contribution < 1.29 is 0 Å².